The summed E-state index contributed by atoms with van der Waals surface area (Å²) in [5, 5.41) is 0. The van der Waals surface area contributed by atoms with Gasteiger partial charge in [0.1, 0.15) is 0 Å². The van der Waals surface area contributed by atoms with E-state index < -0.39 is 0 Å². The number of likely N-dealkylation sites (tertiary alicyclic amines) is 2. The Labute approximate surface area is 150 Å². The molecule has 7 nitrogen and oxygen atoms in total. The molecule has 0 aromatic carbocycles. The van der Waals surface area contributed by atoms with Gasteiger partial charge in [-0.3, -0.25) is 9.59 Å². The van der Waals surface area contributed by atoms with E-state index in [9.17, 15) is 14.4 Å². The number of hydrogen-bond acceptors (Lipinski definition) is 4. The van der Waals surface area contributed by atoms with Crippen molar-refractivity contribution in [2.24, 2.45) is 0 Å². The summed E-state index contributed by atoms with van der Waals surface area (Å²) in [6.07, 6.45) is 4.92. The van der Waals surface area contributed by atoms with Crippen LogP contribution in [0.3, 0.4) is 0 Å². The van der Waals surface area contributed by atoms with Crippen LogP contribution >= 0.6 is 0 Å². The van der Waals surface area contributed by atoms with E-state index >= 15 is 0 Å². The lowest BCUT2D eigenvalue weighted by molar-refractivity contribution is -0.135. The fourth-order valence-electron chi connectivity index (χ4n) is 3.69. The van der Waals surface area contributed by atoms with Crippen LogP contribution in [0.4, 0.5) is 4.79 Å². The minimum atomic E-state index is -0.282. The number of rotatable bonds is 5. The van der Waals surface area contributed by atoms with Crippen molar-refractivity contribution in [3.8, 4) is 0 Å². The maximum absolute atomic E-state index is 12.3. The van der Waals surface area contributed by atoms with Crippen LogP contribution in [0.2, 0.25) is 0 Å². The molecule has 2 fully saturated rings. The SMILES string of the molecule is CCOC(=O)N1CCC(N(CCC(=O)N2CCCCC2)C(C)=O)CC1. The van der Waals surface area contributed by atoms with Crippen molar-refractivity contribution in [3.05, 3.63) is 0 Å². The molecule has 2 rings (SSSR count). The first-order valence-electron chi connectivity index (χ1n) is 9.49. The van der Waals surface area contributed by atoms with Crippen molar-refractivity contribution >= 4 is 17.9 Å². The lowest BCUT2D eigenvalue weighted by atomic mass is 10.0. The van der Waals surface area contributed by atoms with Crippen LogP contribution < -0.4 is 0 Å². The highest BCUT2D eigenvalue weighted by Gasteiger charge is 2.29. The van der Waals surface area contributed by atoms with Crippen molar-refractivity contribution in [2.45, 2.75) is 58.4 Å². The molecule has 0 bridgehead atoms. The molecule has 3 amide bonds. The molecule has 0 aromatic rings. The van der Waals surface area contributed by atoms with Crippen LogP contribution in [0, 0.1) is 0 Å². The molecule has 0 N–H and O–H groups in total. The first-order valence-corrected chi connectivity index (χ1v) is 9.49. The molecular formula is C18H31N3O4. The minimum Gasteiger partial charge on any atom is -0.450 e. The summed E-state index contributed by atoms with van der Waals surface area (Å²) < 4.78 is 5.03. The maximum Gasteiger partial charge on any atom is 0.409 e. The van der Waals surface area contributed by atoms with Crippen molar-refractivity contribution in [2.75, 3.05) is 39.3 Å². The van der Waals surface area contributed by atoms with Crippen molar-refractivity contribution in [1.29, 1.82) is 0 Å². The molecule has 0 unspecified atom stereocenters. The summed E-state index contributed by atoms with van der Waals surface area (Å²) >= 11 is 0. The zero-order valence-corrected chi connectivity index (χ0v) is 15.5. The van der Waals surface area contributed by atoms with Gasteiger partial charge in [0.05, 0.1) is 6.61 Å². The fourth-order valence-corrected chi connectivity index (χ4v) is 3.69. The number of ether oxygens (including phenoxy) is 1. The number of amides is 3. The molecule has 0 radical (unpaired) electrons. The highest BCUT2D eigenvalue weighted by Crippen LogP contribution is 2.19. The van der Waals surface area contributed by atoms with Crippen molar-refractivity contribution in [3.63, 3.8) is 0 Å². The third-order valence-electron chi connectivity index (χ3n) is 5.11. The molecule has 0 aliphatic carbocycles. The lowest BCUT2D eigenvalue weighted by Crippen LogP contribution is -2.49. The van der Waals surface area contributed by atoms with Gasteiger partial charge in [-0.15, -0.1) is 0 Å². The van der Waals surface area contributed by atoms with Gasteiger partial charge in [-0.2, -0.15) is 0 Å². The summed E-state index contributed by atoms with van der Waals surface area (Å²) in [6.45, 7) is 7.06. The first-order chi connectivity index (χ1) is 12.0. The van der Waals surface area contributed by atoms with E-state index in [4.69, 9.17) is 4.74 Å². The zero-order valence-electron chi connectivity index (χ0n) is 15.5. The number of carbonyl (C=O) groups is 3. The molecule has 0 saturated carbocycles. The Balaban J connectivity index is 1.81. The van der Waals surface area contributed by atoms with Gasteiger partial charge >= 0.3 is 6.09 Å². The van der Waals surface area contributed by atoms with E-state index in [1.165, 1.54) is 6.42 Å². The van der Waals surface area contributed by atoms with Crippen molar-refractivity contribution in [1.82, 2.24) is 14.7 Å². The van der Waals surface area contributed by atoms with E-state index in [0.29, 0.717) is 32.7 Å². The van der Waals surface area contributed by atoms with Crippen LogP contribution in [-0.2, 0) is 14.3 Å². The molecule has 2 aliphatic rings. The van der Waals surface area contributed by atoms with E-state index in [1.54, 1.807) is 18.7 Å². The number of nitrogens with zero attached hydrogens (tertiary/aromatic N) is 3. The lowest BCUT2D eigenvalue weighted by Gasteiger charge is -2.38. The maximum atomic E-state index is 12.3. The predicted molar refractivity (Wildman–Crippen MR) is 94.1 cm³/mol. The summed E-state index contributed by atoms with van der Waals surface area (Å²) in [6, 6.07) is 0.0948. The quantitative estimate of drug-likeness (QED) is 0.756. The topological polar surface area (TPSA) is 70.2 Å². The van der Waals surface area contributed by atoms with Gasteiger partial charge in [-0.25, -0.2) is 4.79 Å². The Kier molecular flexibility index (Phi) is 7.52. The van der Waals surface area contributed by atoms with E-state index in [1.807, 2.05) is 9.80 Å². The van der Waals surface area contributed by atoms with E-state index in [2.05, 4.69) is 0 Å². The largest absolute Gasteiger partial charge is 0.450 e. The van der Waals surface area contributed by atoms with E-state index in [-0.39, 0.29) is 23.9 Å². The standard InChI is InChI=1S/C18H31N3O4/c1-3-25-18(24)20-12-7-16(8-13-20)21(15(2)22)14-9-17(23)19-10-5-4-6-11-19/h16H,3-14H2,1-2H3. The molecule has 0 spiro atoms. The van der Waals surface area contributed by atoms with Gasteiger partial charge in [0.25, 0.3) is 0 Å². The van der Waals surface area contributed by atoms with Crippen LogP contribution in [0.1, 0.15) is 52.4 Å². The number of piperidine rings is 2. The molecule has 142 valence electrons. The smallest absolute Gasteiger partial charge is 0.409 e. The molecule has 25 heavy (non-hydrogen) atoms. The second-order valence-electron chi connectivity index (χ2n) is 6.82. The highest BCUT2D eigenvalue weighted by molar-refractivity contribution is 5.78. The average molecular weight is 353 g/mol. The number of hydrogen-bond donors (Lipinski definition) is 0. The molecule has 2 aliphatic heterocycles. The second-order valence-corrected chi connectivity index (χ2v) is 6.82. The number of carbonyl (C=O) groups excluding carboxylic acids is 3. The van der Waals surface area contributed by atoms with Gasteiger partial charge in [0, 0.05) is 52.1 Å². The first kappa shape index (κ1) is 19.5. The third kappa shape index (κ3) is 5.61. The van der Waals surface area contributed by atoms with Gasteiger partial charge in [-0.05, 0) is 39.0 Å². The van der Waals surface area contributed by atoms with Crippen LogP contribution in [0.25, 0.3) is 0 Å². The average Bonchev–Trinajstić information content (AvgIpc) is 2.63. The monoisotopic (exact) mass is 353 g/mol. The van der Waals surface area contributed by atoms with Crippen LogP contribution in [-0.4, -0.2) is 78.0 Å². The fraction of sp³-hybridized carbons (Fsp3) is 0.833. The van der Waals surface area contributed by atoms with E-state index in [0.717, 1.165) is 38.8 Å². The highest BCUT2D eigenvalue weighted by atomic mass is 16.6. The van der Waals surface area contributed by atoms with Crippen molar-refractivity contribution < 1.29 is 19.1 Å². The summed E-state index contributed by atoms with van der Waals surface area (Å²) in [7, 11) is 0. The van der Waals surface area contributed by atoms with Gasteiger partial charge in [0.2, 0.25) is 11.8 Å². The van der Waals surface area contributed by atoms with Gasteiger partial charge in [0.15, 0.2) is 0 Å². The third-order valence-corrected chi connectivity index (χ3v) is 5.11. The molecule has 2 heterocycles. The molecular weight excluding hydrogens is 322 g/mol. The Morgan fingerprint density at radius 1 is 1.00 bits per heavy atom. The minimum absolute atomic E-state index is 0.000953. The summed E-state index contributed by atoms with van der Waals surface area (Å²) in [5.74, 6) is 0.149. The molecule has 0 aromatic heterocycles. The molecule has 0 atom stereocenters. The Morgan fingerprint density at radius 3 is 2.20 bits per heavy atom. The predicted octanol–water partition coefficient (Wildman–Crippen LogP) is 1.86. The summed E-state index contributed by atoms with van der Waals surface area (Å²) in [5.41, 5.74) is 0. The Hall–Kier alpha value is -1.79. The summed E-state index contributed by atoms with van der Waals surface area (Å²) in [4.78, 5) is 41.6. The van der Waals surface area contributed by atoms with Crippen LogP contribution in [0.5, 0.6) is 0 Å². The Morgan fingerprint density at radius 2 is 1.64 bits per heavy atom. The van der Waals surface area contributed by atoms with Gasteiger partial charge in [-0.1, -0.05) is 0 Å². The second kappa shape index (κ2) is 9.63. The molecule has 2 saturated heterocycles. The Bertz CT molecular complexity index is 469. The zero-order chi connectivity index (χ0) is 18.2. The van der Waals surface area contributed by atoms with Gasteiger partial charge < -0.3 is 19.4 Å². The van der Waals surface area contributed by atoms with Crippen LogP contribution in [0.15, 0.2) is 0 Å². The normalized spacial score (nSPS) is 18.8. The molecule has 7 heteroatoms.